The Balaban J connectivity index is 1.49. The first-order valence-electron chi connectivity index (χ1n) is 11.6. The normalized spacial score (nSPS) is 14.9. The quantitative estimate of drug-likeness (QED) is 0.429. The number of nitrogens with two attached hydrogens (primary N) is 1. The summed E-state index contributed by atoms with van der Waals surface area (Å²) < 4.78 is 6.60. The molecule has 4 rings (SSSR count). The zero-order valence-electron chi connectivity index (χ0n) is 19.9. The van der Waals surface area contributed by atoms with Crippen LogP contribution < -0.4 is 11.1 Å². The van der Waals surface area contributed by atoms with Gasteiger partial charge in [0, 0.05) is 24.7 Å². The molecule has 0 unspecified atom stereocenters. The van der Waals surface area contributed by atoms with Gasteiger partial charge in [-0.1, -0.05) is 47.2 Å². The number of halogens is 1. The van der Waals surface area contributed by atoms with E-state index in [4.69, 9.17) is 22.1 Å². The Hall–Kier alpha value is -3.21. The number of anilines is 1. The van der Waals surface area contributed by atoms with Crippen LogP contribution in [-0.4, -0.2) is 65.0 Å². The minimum atomic E-state index is -0.811. The Morgan fingerprint density at radius 2 is 2.03 bits per heavy atom. The van der Waals surface area contributed by atoms with E-state index in [1.165, 1.54) is 11.3 Å². The highest BCUT2D eigenvalue weighted by Crippen LogP contribution is 2.32. The molecule has 3 N–H and O–H groups in total. The summed E-state index contributed by atoms with van der Waals surface area (Å²) in [5.74, 6) is -0.155. The van der Waals surface area contributed by atoms with Crippen LogP contribution in [0.3, 0.4) is 0 Å². The Kier molecular flexibility index (Phi) is 8.07. The fourth-order valence-corrected chi connectivity index (χ4v) is 5.50. The molecule has 0 spiro atoms. The first-order valence-corrected chi connectivity index (χ1v) is 12.8. The van der Waals surface area contributed by atoms with E-state index >= 15 is 0 Å². The van der Waals surface area contributed by atoms with Crippen LogP contribution in [0.2, 0.25) is 5.02 Å². The molecule has 36 heavy (non-hydrogen) atoms. The summed E-state index contributed by atoms with van der Waals surface area (Å²) in [6.45, 7) is 2.90. The molecule has 1 aliphatic rings. The second kappa shape index (κ2) is 11.2. The van der Waals surface area contributed by atoms with E-state index in [9.17, 15) is 14.4 Å². The number of thiazole rings is 1. The van der Waals surface area contributed by atoms with E-state index < -0.39 is 11.6 Å². The molecule has 0 saturated carbocycles. The fraction of sp³-hybridized carbons (Fsp3) is 0.360. The van der Waals surface area contributed by atoms with E-state index in [1.54, 1.807) is 15.9 Å². The van der Waals surface area contributed by atoms with Gasteiger partial charge in [-0.2, -0.15) is 0 Å². The number of hydrogen-bond donors (Lipinski definition) is 2. The predicted octanol–water partition coefficient (Wildman–Crippen LogP) is 3.79. The number of rotatable bonds is 8. The number of carbonyl (C=O) groups is 3. The first-order chi connectivity index (χ1) is 17.3. The second-order valence-corrected chi connectivity index (χ2v) is 10.3. The minimum absolute atomic E-state index is 0.0450. The summed E-state index contributed by atoms with van der Waals surface area (Å²) in [5, 5.41) is 3.67. The summed E-state index contributed by atoms with van der Waals surface area (Å²) in [6, 6.07) is 13.2. The van der Waals surface area contributed by atoms with Gasteiger partial charge in [0.15, 0.2) is 5.13 Å². The van der Waals surface area contributed by atoms with Crippen molar-refractivity contribution in [1.29, 1.82) is 0 Å². The average Bonchev–Trinajstić information content (AvgIpc) is 3.28. The van der Waals surface area contributed by atoms with Crippen LogP contribution in [0.15, 0.2) is 42.5 Å². The molecule has 2 heterocycles. The van der Waals surface area contributed by atoms with Crippen molar-refractivity contribution in [3.8, 4) is 0 Å². The number of likely N-dealkylation sites (tertiary alicyclic amines) is 1. The van der Waals surface area contributed by atoms with Crippen LogP contribution in [-0.2, 0) is 20.9 Å². The van der Waals surface area contributed by atoms with Gasteiger partial charge in [-0.25, -0.2) is 9.78 Å². The molecule has 3 aromatic rings. The maximum absolute atomic E-state index is 12.7. The largest absolute Gasteiger partial charge is 0.447 e. The molecule has 0 aliphatic carbocycles. The van der Waals surface area contributed by atoms with Crippen molar-refractivity contribution in [1.82, 2.24) is 14.8 Å². The summed E-state index contributed by atoms with van der Waals surface area (Å²) in [5.41, 5.74) is 7.39. The van der Waals surface area contributed by atoms with Gasteiger partial charge in [0.1, 0.15) is 6.61 Å². The lowest BCUT2D eigenvalue weighted by Gasteiger charge is -2.46. The number of hydrogen-bond acceptors (Lipinski definition) is 7. The summed E-state index contributed by atoms with van der Waals surface area (Å²) >= 11 is 7.70. The van der Waals surface area contributed by atoms with Crippen LogP contribution in [0, 0.1) is 6.92 Å². The maximum Gasteiger partial charge on any atom is 0.413 e. The third-order valence-corrected chi connectivity index (χ3v) is 7.78. The number of piperidine rings is 1. The smallest absolute Gasteiger partial charge is 0.413 e. The molecular formula is C25H28ClN5O4S. The molecule has 1 aromatic heterocycles. The van der Waals surface area contributed by atoms with Gasteiger partial charge < -0.3 is 20.3 Å². The van der Waals surface area contributed by atoms with Gasteiger partial charge >= 0.3 is 6.09 Å². The van der Waals surface area contributed by atoms with Crippen LogP contribution in [0.4, 0.5) is 9.93 Å². The van der Waals surface area contributed by atoms with E-state index in [0.717, 1.165) is 27.8 Å². The SMILES string of the molecule is Cc1ccc2nc(NC(=O)OCC3(N(C=O)Cc4ccccc4Cl)CCN(C(=O)CN)CC3)sc2c1. The third kappa shape index (κ3) is 5.77. The van der Waals surface area contributed by atoms with Crippen molar-refractivity contribution in [2.24, 2.45) is 5.73 Å². The molecule has 1 saturated heterocycles. The van der Waals surface area contributed by atoms with Crippen molar-refractivity contribution in [3.05, 3.63) is 58.6 Å². The van der Waals surface area contributed by atoms with Gasteiger partial charge in [-0.05, 0) is 49.1 Å². The van der Waals surface area contributed by atoms with Crippen LogP contribution in [0.25, 0.3) is 10.2 Å². The maximum atomic E-state index is 12.7. The Morgan fingerprint density at radius 1 is 1.28 bits per heavy atom. The molecule has 1 fully saturated rings. The fourth-order valence-electron chi connectivity index (χ4n) is 4.35. The highest BCUT2D eigenvalue weighted by molar-refractivity contribution is 7.22. The zero-order valence-corrected chi connectivity index (χ0v) is 21.5. The summed E-state index contributed by atoms with van der Waals surface area (Å²) in [4.78, 5) is 44.8. The Bertz CT molecular complexity index is 1260. The van der Waals surface area contributed by atoms with E-state index in [-0.39, 0.29) is 25.6 Å². The lowest BCUT2D eigenvalue weighted by atomic mass is 9.86. The van der Waals surface area contributed by atoms with Crippen LogP contribution in [0.5, 0.6) is 0 Å². The molecule has 0 radical (unpaired) electrons. The van der Waals surface area contributed by atoms with E-state index in [1.807, 2.05) is 43.3 Å². The molecule has 1 aliphatic heterocycles. The highest BCUT2D eigenvalue weighted by atomic mass is 35.5. The first kappa shape index (κ1) is 25.9. The van der Waals surface area contributed by atoms with Crippen molar-refractivity contribution in [3.63, 3.8) is 0 Å². The standard InChI is InChI=1S/C25H28ClN5O4S/c1-17-6-7-20-21(12-17)36-23(28-20)29-24(34)35-15-25(8-10-30(11-9-25)22(33)13-27)31(16-32)14-18-4-2-3-5-19(18)26/h2-7,12,16H,8-11,13-15,27H2,1H3,(H,28,29,34). The number of amides is 3. The minimum Gasteiger partial charge on any atom is -0.447 e. The van der Waals surface area contributed by atoms with Crippen LogP contribution >= 0.6 is 22.9 Å². The number of nitrogens with one attached hydrogen (secondary N) is 1. The number of fused-ring (bicyclic) bond motifs is 1. The number of aryl methyl sites for hydroxylation is 1. The van der Waals surface area contributed by atoms with Gasteiger partial charge in [-0.15, -0.1) is 0 Å². The highest BCUT2D eigenvalue weighted by Gasteiger charge is 2.42. The topological polar surface area (TPSA) is 118 Å². The number of benzene rings is 2. The predicted molar refractivity (Wildman–Crippen MR) is 140 cm³/mol. The number of carbonyl (C=O) groups excluding carboxylic acids is 3. The second-order valence-electron chi connectivity index (χ2n) is 8.83. The monoisotopic (exact) mass is 529 g/mol. The average molecular weight is 530 g/mol. The number of ether oxygens (including phenoxy) is 1. The Morgan fingerprint density at radius 3 is 2.72 bits per heavy atom. The van der Waals surface area contributed by atoms with Gasteiger partial charge in [0.2, 0.25) is 12.3 Å². The van der Waals surface area contributed by atoms with Crippen molar-refractivity contribution in [2.75, 3.05) is 31.6 Å². The molecule has 9 nitrogen and oxygen atoms in total. The number of aromatic nitrogens is 1. The molecule has 0 bridgehead atoms. The lowest BCUT2D eigenvalue weighted by Crippen LogP contribution is -2.59. The summed E-state index contributed by atoms with van der Waals surface area (Å²) in [7, 11) is 0. The molecule has 11 heteroatoms. The van der Waals surface area contributed by atoms with Crippen molar-refractivity contribution < 1.29 is 19.1 Å². The van der Waals surface area contributed by atoms with E-state index in [0.29, 0.717) is 36.1 Å². The molecular weight excluding hydrogens is 502 g/mol. The van der Waals surface area contributed by atoms with Gasteiger partial charge in [0.05, 0.1) is 22.3 Å². The molecule has 190 valence electrons. The van der Waals surface area contributed by atoms with Crippen molar-refractivity contribution in [2.45, 2.75) is 31.8 Å². The summed E-state index contributed by atoms with van der Waals surface area (Å²) in [6.07, 6.45) is 0.945. The lowest BCUT2D eigenvalue weighted by molar-refractivity contribution is -0.137. The zero-order chi connectivity index (χ0) is 25.7. The van der Waals surface area contributed by atoms with Gasteiger partial charge in [0.25, 0.3) is 0 Å². The third-order valence-electron chi connectivity index (χ3n) is 6.48. The van der Waals surface area contributed by atoms with Crippen molar-refractivity contribution >= 4 is 56.7 Å². The van der Waals surface area contributed by atoms with Gasteiger partial charge in [-0.3, -0.25) is 14.9 Å². The molecule has 2 aromatic carbocycles. The van der Waals surface area contributed by atoms with E-state index in [2.05, 4.69) is 10.3 Å². The number of nitrogens with zero attached hydrogens (tertiary/aromatic N) is 3. The molecule has 3 amide bonds. The molecule has 0 atom stereocenters. The Labute approximate surface area is 218 Å². The van der Waals surface area contributed by atoms with Crippen LogP contribution in [0.1, 0.15) is 24.0 Å².